The van der Waals surface area contributed by atoms with Crippen molar-refractivity contribution < 1.29 is 5.11 Å². The fourth-order valence-corrected chi connectivity index (χ4v) is 1.77. The molecule has 90 valence electrons. The monoisotopic (exact) mass is 230 g/mol. The first-order valence-corrected chi connectivity index (χ1v) is 5.74. The molecule has 0 spiro atoms. The summed E-state index contributed by atoms with van der Waals surface area (Å²) in [4.78, 5) is 0. The molecule has 0 saturated heterocycles. The van der Waals surface area contributed by atoms with Crippen LogP contribution in [0.25, 0.3) is 11.1 Å². The van der Waals surface area contributed by atoms with Crippen molar-refractivity contribution in [3.05, 3.63) is 36.0 Å². The molecule has 0 saturated carbocycles. The highest BCUT2D eigenvalue weighted by molar-refractivity contribution is 5.68. The summed E-state index contributed by atoms with van der Waals surface area (Å²) in [7, 11) is 0. The van der Waals surface area contributed by atoms with Gasteiger partial charge >= 0.3 is 0 Å². The van der Waals surface area contributed by atoms with Crippen LogP contribution in [0.5, 0.6) is 5.88 Å². The Hall–Kier alpha value is -1.77. The maximum atomic E-state index is 10.2. The molecule has 0 radical (unpaired) electrons. The van der Waals surface area contributed by atoms with Crippen LogP contribution >= 0.6 is 0 Å². The summed E-state index contributed by atoms with van der Waals surface area (Å²) in [6, 6.07) is 8.06. The molecule has 0 fully saturated rings. The average Bonchev–Trinajstić information content (AvgIpc) is 2.61. The summed E-state index contributed by atoms with van der Waals surface area (Å²) < 4.78 is 1.64. The minimum atomic E-state index is -0.215. The van der Waals surface area contributed by atoms with Gasteiger partial charge in [-0.15, -0.1) is 0 Å². The molecule has 1 heterocycles. The van der Waals surface area contributed by atoms with Gasteiger partial charge in [0, 0.05) is 0 Å². The summed E-state index contributed by atoms with van der Waals surface area (Å²) in [5.41, 5.74) is 2.76. The van der Waals surface area contributed by atoms with E-state index in [1.807, 2.05) is 52.0 Å². The van der Waals surface area contributed by atoms with Crippen molar-refractivity contribution in [1.82, 2.24) is 9.78 Å². The van der Waals surface area contributed by atoms with Gasteiger partial charge in [-0.1, -0.05) is 29.8 Å². The Morgan fingerprint density at radius 2 is 1.71 bits per heavy atom. The van der Waals surface area contributed by atoms with Crippen LogP contribution in [0.1, 0.15) is 26.3 Å². The second-order valence-electron chi connectivity index (χ2n) is 5.33. The van der Waals surface area contributed by atoms with Gasteiger partial charge in [-0.05, 0) is 33.3 Å². The third-order valence-electron chi connectivity index (χ3n) is 2.74. The first kappa shape index (κ1) is 11.7. The SMILES string of the molecule is Cc1ccc(-c2cnn(C(C)(C)C)c2O)cc1. The molecule has 0 bridgehead atoms. The number of hydrogen-bond acceptors (Lipinski definition) is 2. The molecule has 1 N–H and O–H groups in total. The highest BCUT2D eigenvalue weighted by atomic mass is 16.3. The number of aryl methyl sites for hydroxylation is 1. The Bertz CT molecular complexity index is 518. The Morgan fingerprint density at radius 1 is 1.12 bits per heavy atom. The van der Waals surface area contributed by atoms with E-state index in [1.165, 1.54) is 5.56 Å². The van der Waals surface area contributed by atoms with E-state index in [2.05, 4.69) is 5.10 Å². The van der Waals surface area contributed by atoms with Gasteiger partial charge in [-0.3, -0.25) is 0 Å². The first-order chi connectivity index (χ1) is 7.89. The zero-order valence-electron chi connectivity index (χ0n) is 10.7. The van der Waals surface area contributed by atoms with Crippen molar-refractivity contribution in [3.63, 3.8) is 0 Å². The predicted octanol–water partition coefficient (Wildman–Crippen LogP) is 3.32. The molecule has 1 aromatic carbocycles. The van der Waals surface area contributed by atoms with Gasteiger partial charge < -0.3 is 5.11 Å². The predicted molar refractivity (Wildman–Crippen MR) is 69.1 cm³/mol. The van der Waals surface area contributed by atoms with E-state index < -0.39 is 0 Å². The van der Waals surface area contributed by atoms with Crippen molar-refractivity contribution in [2.75, 3.05) is 0 Å². The van der Waals surface area contributed by atoms with Crippen LogP contribution in [-0.2, 0) is 5.54 Å². The van der Waals surface area contributed by atoms with Crippen LogP contribution in [0.15, 0.2) is 30.5 Å². The van der Waals surface area contributed by atoms with E-state index in [-0.39, 0.29) is 11.4 Å². The Kier molecular flexibility index (Phi) is 2.69. The number of aromatic nitrogens is 2. The summed E-state index contributed by atoms with van der Waals surface area (Å²) in [5, 5.41) is 14.4. The summed E-state index contributed by atoms with van der Waals surface area (Å²) >= 11 is 0. The Balaban J connectivity index is 2.48. The van der Waals surface area contributed by atoms with Crippen LogP contribution in [0.3, 0.4) is 0 Å². The van der Waals surface area contributed by atoms with Gasteiger partial charge in [-0.2, -0.15) is 5.10 Å². The molecule has 2 rings (SSSR count). The second kappa shape index (κ2) is 3.91. The molecular formula is C14H18N2O. The lowest BCUT2D eigenvalue weighted by Gasteiger charge is -2.20. The molecule has 0 aliphatic carbocycles. The topological polar surface area (TPSA) is 38.0 Å². The number of nitrogens with zero attached hydrogens (tertiary/aromatic N) is 2. The zero-order chi connectivity index (χ0) is 12.6. The van der Waals surface area contributed by atoms with Crippen LogP contribution in [-0.4, -0.2) is 14.9 Å². The number of rotatable bonds is 1. The minimum Gasteiger partial charge on any atom is -0.493 e. The molecule has 17 heavy (non-hydrogen) atoms. The normalized spacial score (nSPS) is 11.8. The maximum Gasteiger partial charge on any atom is 0.217 e. The van der Waals surface area contributed by atoms with Crippen LogP contribution in [0, 0.1) is 6.92 Å². The molecule has 3 heteroatoms. The average molecular weight is 230 g/mol. The molecule has 1 aromatic heterocycles. The van der Waals surface area contributed by atoms with Gasteiger partial charge in [0.05, 0.1) is 17.3 Å². The smallest absolute Gasteiger partial charge is 0.217 e. The van der Waals surface area contributed by atoms with Crippen molar-refractivity contribution in [3.8, 4) is 17.0 Å². The van der Waals surface area contributed by atoms with Crippen LogP contribution in [0.4, 0.5) is 0 Å². The number of benzene rings is 1. The van der Waals surface area contributed by atoms with Gasteiger partial charge in [0.2, 0.25) is 5.88 Å². The summed E-state index contributed by atoms with van der Waals surface area (Å²) in [6.07, 6.45) is 1.71. The molecular weight excluding hydrogens is 212 g/mol. The Labute approximate surface area is 102 Å². The molecule has 3 nitrogen and oxygen atoms in total. The van der Waals surface area contributed by atoms with E-state index in [0.29, 0.717) is 0 Å². The van der Waals surface area contributed by atoms with Crippen molar-refractivity contribution >= 4 is 0 Å². The first-order valence-electron chi connectivity index (χ1n) is 5.74. The van der Waals surface area contributed by atoms with Crippen molar-refractivity contribution in [1.29, 1.82) is 0 Å². The summed E-state index contributed by atoms with van der Waals surface area (Å²) in [5.74, 6) is 0.223. The molecule has 0 aliphatic rings. The third kappa shape index (κ3) is 2.18. The van der Waals surface area contributed by atoms with E-state index in [1.54, 1.807) is 10.9 Å². The maximum absolute atomic E-state index is 10.2. The zero-order valence-corrected chi connectivity index (χ0v) is 10.7. The second-order valence-corrected chi connectivity index (χ2v) is 5.33. The highest BCUT2D eigenvalue weighted by Crippen LogP contribution is 2.32. The molecule has 0 unspecified atom stereocenters. The molecule has 0 aliphatic heterocycles. The Morgan fingerprint density at radius 3 is 2.18 bits per heavy atom. The van der Waals surface area contributed by atoms with Crippen molar-refractivity contribution in [2.24, 2.45) is 0 Å². The molecule has 2 aromatic rings. The minimum absolute atomic E-state index is 0.215. The van der Waals surface area contributed by atoms with E-state index in [4.69, 9.17) is 0 Å². The van der Waals surface area contributed by atoms with E-state index in [0.717, 1.165) is 11.1 Å². The van der Waals surface area contributed by atoms with E-state index in [9.17, 15) is 5.11 Å². The highest BCUT2D eigenvalue weighted by Gasteiger charge is 2.20. The molecule has 0 amide bonds. The van der Waals surface area contributed by atoms with Crippen LogP contribution < -0.4 is 0 Å². The van der Waals surface area contributed by atoms with Gasteiger partial charge in [0.25, 0.3) is 0 Å². The number of aromatic hydroxyl groups is 1. The quantitative estimate of drug-likeness (QED) is 0.816. The van der Waals surface area contributed by atoms with Crippen molar-refractivity contribution in [2.45, 2.75) is 33.2 Å². The van der Waals surface area contributed by atoms with Crippen LogP contribution in [0.2, 0.25) is 0 Å². The summed E-state index contributed by atoms with van der Waals surface area (Å²) in [6.45, 7) is 8.08. The van der Waals surface area contributed by atoms with Gasteiger partial charge in [-0.25, -0.2) is 4.68 Å². The lowest BCUT2D eigenvalue weighted by Crippen LogP contribution is -2.22. The largest absolute Gasteiger partial charge is 0.493 e. The van der Waals surface area contributed by atoms with Gasteiger partial charge in [0.1, 0.15) is 0 Å². The lowest BCUT2D eigenvalue weighted by molar-refractivity contribution is 0.295. The lowest BCUT2D eigenvalue weighted by atomic mass is 10.1. The fourth-order valence-electron chi connectivity index (χ4n) is 1.77. The third-order valence-corrected chi connectivity index (χ3v) is 2.74. The van der Waals surface area contributed by atoms with E-state index >= 15 is 0 Å². The fraction of sp³-hybridized carbons (Fsp3) is 0.357. The standard InChI is InChI=1S/C14H18N2O/c1-10-5-7-11(8-6-10)12-9-15-16(13(12)17)14(2,3)4/h5-9,17H,1-4H3. The number of hydrogen-bond donors (Lipinski definition) is 1. The van der Waals surface area contributed by atoms with Gasteiger partial charge in [0.15, 0.2) is 0 Å². The molecule has 0 atom stereocenters.